The first-order valence-electron chi connectivity index (χ1n) is 57.6. The fourth-order valence-corrected chi connectivity index (χ4v) is 28.1. The van der Waals surface area contributed by atoms with Crippen molar-refractivity contribution >= 4 is 64.6 Å². The van der Waals surface area contributed by atoms with E-state index in [9.17, 15) is 0 Å². The summed E-state index contributed by atoms with van der Waals surface area (Å²) in [6, 6.07) is 0. The van der Waals surface area contributed by atoms with Crippen LogP contribution in [0.3, 0.4) is 0 Å². The molecule has 0 aromatic heterocycles. The molecule has 0 heterocycles. The smallest absolute Gasteiger partial charge is 0.0114 e. The topological polar surface area (TPSA) is 0 Å². The minimum absolute atomic E-state index is 0.740. The average Bonchev–Trinajstić information content (AvgIpc) is 0.752. The lowest BCUT2D eigenvalue weighted by molar-refractivity contribution is 0.112. The molecule has 2 saturated carbocycles. The van der Waals surface area contributed by atoms with Crippen molar-refractivity contribution in [2.75, 3.05) is 0 Å². The van der Waals surface area contributed by atoms with Crippen molar-refractivity contribution < 1.29 is 0 Å². The highest BCUT2D eigenvalue weighted by molar-refractivity contribution is 6.03. The molecule has 2 aliphatic rings. The first-order chi connectivity index (χ1) is 68.7. The molecule has 806 valence electrons. The van der Waals surface area contributed by atoms with E-state index in [1.54, 1.807) is 33.4 Å². The lowest BCUT2D eigenvalue weighted by atomic mass is 9.61. The summed E-state index contributed by atoms with van der Waals surface area (Å²) >= 11 is 0. The molecule has 0 spiro atoms. The molecule has 0 heteroatoms. The van der Waals surface area contributed by atoms with Gasteiger partial charge in [-0.15, -0.1) is 0 Å². The summed E-state index contributed by atoms with van der Waals surface area (Å²) in [7, 11) is 0. The molecular weight excluding hydrogens is 1790 g/mol. The molecule has 16 rings (SSSR count). The van der Waals surface area contributed by atoms with Crippen LogP contribution in [0.5, 0.6) is 0 Å². The maximum atomic E-state index is 2.49. The summed E-state index contributed by atoms with van der Waals surface area (Å²) in [5.41, 5.74) is 88.4. The summed E-state index contributed by atoms with van der Waals surface area (Å²) in [5.74, 6) is 7.33. The van der Waals surface area contributed by atoms with Crippen LogP contribution in [0.1, 0.15) is 413 Å². The second kappa shape index (κ2) is 46.9. The molecule has 0 nitrogen and oxygen atoms in total. The van der Waals surface area contributed by atoms with Gasteiger partial charge in [-0.2, -0.15) is 0 Å². The van der Waals surface area contributed by atoms with Gasteiger partial charge in [0.1, 0.15) is 0 Å². The van der Waals surface area contributed by atoms with Gasteiger partial charge < -0.3 is 0 Å². The van der Waals surface area contributed by atoms with E-state index in [0.717, 1.165) is 53.3 Å². The number of hydrogen-bond acceptors (Lipinski definition) is 0. The summed E-state index contributed by atoms with van der Waals surface area (Å²) in [6.45, 7) is 149. The van der Waals surface area contributed by atoms with Gasteiger partial charge in [0.2, 0.25) is 0 Å². The Bertz CT molecular complexity index is 6060. The molecule has 14 aromatic rings. The Morgan fingerprint density at radius 3 is 0.329 bits per heavy atom. The zero-order valence-electron chi connectivity index (χ0n) is 108. The third kappa shape index (κ3) is 21.4. The number of fused-ring (bicyclic) bond motifs is 6. The van der Waals surface area contributed by atoms with Crippen LogP contribution < -0.4 is 0 Å². The van der Waals surface area contributed by atoms with Crippen LogP contribution in [-0.4, -0.2) is 0 Å². The van der Waals surface area contributed by atoms with E-state index in [0.29, 0.717) is 0 Å². The van der Waals surface area contributed by atoms with Crippen LogP contribution in [0.2, 0.25) is 0 Å². The number of rotatable bonds is 2. The second-order valence-electron chi connectivity index (χ2n) is 49.9. The highest BCUT2D eigenvalue weighted by Gasteiger charge is 2.40. The zero-order chi connectivity index (χ0) is 114. The largest absolute Gasteiger partial charge is 0.0622 e. The lowest BCUT2D eigenvalue weighted by Gasteiger charge is -2.44. The summed E-state index contributed by atoms with van der Waals surface area (Å²) in [5, 5.41) is 17.8. The van der Waals surface area contributed by atoms with E-state index in [4.69, 9.17) is 0 Å². The predicted molar refractivity (Wildman–Crippen MR) is 675 cm³/mol. The minimum atomic E-state index is 0.740. The molecule has 2 fully saturated rings. The Balaban J connectivity index is 0.000000189. The molecule has 2 aliphatic carbocycles. The summed E-state index contributed by atoms with van der Waals surface area (Å²) < 4.78 is 0. The monoisotopic (exact) mass is 2000 g/mol. The molecule has 0 saturated heterocycles. The van der Waals surface area contributed by atoms with E-state index in [1.165, 1.54) is 384 Å². The number of hydrogen-bond donors (Lipinski definition) is 0. The minimum Gasteiger partial charge on any atom is -0.0622 e. The maximum absolute atomic E-state index is 2.49. The average molecular weight is 2000 g/mol. The Hall–Kier alpha value is -9.36. The van der Waals surface area contributed by atoms with Crippen molar-refractivity contribution in [3.63, 3.8) is 0 Å². The molecule has 14 aromatic carbocycles. The number of aryl methyl sites for hydroxylation is 24. The Morgan fingerprint density at radius 1 is 0.0940 bits per heavy atom. The zero-order valence-corrected chi connectivity index (χ0v) is 108. The van der Waals surface area contributed by atoms with E-state index < -0.39 is 0 Å². The Morgan fingerprint density at radius 2 is 0.195 bits per heavy atom. The van der Waals surface area contributed by atoms with Crippen LogP contribution in [0, 0.1) is 443 Å². The van der Waals surface area contributed by atoms with E-state index in [2.05, 4.69) is 450 Å². The molecule has 9 unspecified atom stereocenters. The van der Waals surface area contributed by atoms with Gasteiger partial charge in [-0.1, -0.05) is 48.5 Å². The fourth-order valence-electron chi connectivity index (χ4n) is 28.1. The first kappa shape index (κ1) is 123. The second-order valence-corrected chi connectivity index (χ2v) is 49.9. The maximum Gasteiger partial charge on any atom is -0.0114 e. The molecule has 0 N–H and O–H groups in total. The predicted octanol–water partition coefficient (Wildman–Crippen LogP) is 44.1. The third-order valence-corrected chi connectivity index (χ3v) is 44.7. The molecular formula is C149H210. The Kier molecular flexibility index (Phi) is 38.8. The standard InChI is InChI=1S/C21H34.C20H32.6C18H24/c1-11-10-20(17(7)13(3)12(11)2)21-18(8)15(5)14(4)16(6)19(21)9;1-11-9-10-19(16(6)12(11)2)20-17(7)14(4)13(3)15(5)18(20)8;6*1-9-10(2)14(6)18-16(8)12(4)11(3)15(7)17(18)13(9)5/h11-13,17,20H,10H2,1-9H3;11-12,16,19H,9-10H2,1-8H3;6*1-8H3. The summed E-state index contributed by atoms with van der Waals surface area (Å²) in [4.78, 5) is 0. The van der Waals surface area contributed by atoms with E-state index in [-0.39, 0.29) is 0 Å². The third-order valence-electron chi connectivity index (χ3n) is 44.7. The molecule has 149 heavy (non-hydrogen) atoms. The van der Waals surface area contributed by atoms with Gasteiger partial charge in [-0.05, 0) is 873 Å². The van der Waals surface area contributed by atoms with Crippen LogP contribution in [0.15, 0.2) is 0 Å². The molecule has 0 aliphatic heterocycles. The van der Waals surface area contributed by atoms with Gasteiger partial charge in [0, 0.05) is 0 Å². The van der Waals surface area contributed by atoms with E-state index >= 15 is 0 Å². The van der Waals surface area contributed by atoms with Crippen LogP contribution >= 0.6 is 0 Å². The molecule has 0 bridgehead atoms. The Labute approximate surface area is 914 Å². The van der Waals surface area contributed by atoms with Gasteiger partial charge in [0.25, 0.3) is 0 Å². The normalized spacial score (nSPS) is 17.0. The quantitative estimate of drug-likeness (QED) is 0.162. The highest BCUT2D eigenvalue weighted by Crippen LogP contribution is 2.52. The van der Waals surface area contributed by atoms with Crippen molar-refractivity contribution in [2.24, 2.45) is 41.4 Å². The van der Waals surface area contributed by atoms with Gasteiger partial charge in [-0.3, -0.25) is 0 Å². The van der Waals surface area contributed by atoms with Crippen LogP contribution in [0.25, 0.3) is 64.6 Å². The van der Waals surface area contributed by atoms with Crippen molar-refractivity contribution in [2.45, 2.75) is 481 Å². The number of benzene rings is 14. The van der Waals surface area contributed by atoms with Gasteiger partial charge >= 0.3 is 0 Å². The van der Waals surface area contributed by atoms with Gasteiger partial charge in [-0.25, -0.2) is 0 Å². The molecule has 0 amide bonds. The lowest BCUT2D eigenvalue weighted by Crippen LogP contribution is -2.34. The van der Waals surface area contributed by atoms with Crippen molar-refractivity contribution in [1.82, 2.24) is 0 Å². The van der Waals surface area contributed by atoms with Gasteiger partial charge in [0.15, 0.2) is 0 Å². The molecule has 0 radical (unpaired) electrons. The fraction of sp³-hybridized carbons (Fsp3) is 0.517. The van der Waals surface area contributed by atoms with Crippen LogP contribution in [0.4, 0.5) is 0 Å². The van der Waals surface area contributed by atoms with Gasteiger partial charge in [0.05, 0.1) is 0 Å². The first-order valence-corrected chi connectivity index (χ1v) is 57.6. The van der Waals surface area contributed by atoms with Crippen LogP contribution in [-0.2, 0) is 0 Å². The summed E-state index contributed by atoms with van der Waals surface area (Å²) in [6.07, 6.45) is 4.12. The van der Waals surface area contributed by atoms with Crippen molar-refractivity contribution in [3.8, 4) is 0 Å². The highest BCUT2D eigenvalue weighted by atomic mass is 14.4. The van der Waals surface area contributed by atoms with E-state index in [1.807, 2.05) is 0 Å². The molecule has 9 atom stereocenters. The van der Waals surface area contributed by atoms with Crippen molar-refractivity contribution in [1.29, 1.82) is 0 Å². The SMILES string of the molecule is Cc1c(C)c(C)c(C2CC(C)C(C)C(C)C2C)c(C)c1C.Cc1c(C)c(C)c(C2CCC(C)C(C)C2C)c(C)c1C.Cc1c(C)c(C)c2c(C)c(C)c(C)c(C)c2c1C.Cc1c(C)c(C)c2c(C)c(C)c(C)c(C)c2c1C.Cc1c(C)c(C)c2c(C)c(C)c(C)c(C)c2c1C.Cc1c(C)c(C)c2c(C)c(C)c(C)c(C)c2c1C.Cc1c(C)c(C)c2c(C)c(C)c(C)c(C)c2c1C.Cc1c(C)c(C)c2c(C)c(C)c(C)c(C)c2c1C. The van der Waals surface area contributed by atoms with Crippen molar-refractivity contribution in [3.05, 3.63) is 334 Å².